The van der Waals surface area contributed by atoms with Gasteiger partial charge in [-0.2, -0.15) is 0 Å². The van der Waals surface area contributed by atoms with Crippen molar-refractivity contribution in [1.29, 1.82) is 5.41 Å². The van der Waals surface area contributed by atoms with Gasteiger partial charge in [0.05, 0.1) is 0 Å². The molecule has 4 N–H and O–H groups in total. The van der Waals surface area contributed by atoms with Crippen LogP contribution in [-0.4, -0.2) is 24.8 Å². The second kappa shape index (κ2) is 12.7. The first-order chi connectivity index (χ1) is 15.7. The molecule has 3 saturated carbocycles. The smallest absolute Gasteiger partial charge is 0.00946 e. The quantitative estimate of drug-likeness (QED) is 0.243. The minimum Gasteiger partial charge on any atom is -0.330 e. The summed E-state index contributed by atoms with van der Waals surface area (Å²) in [6.07, 6.45) is 17.3. The second-order valence-corrected chi connectivity index (χ2v) is 12.0. The second-order valence-electron chi connectivity index (χ2n) is 12.0. The lowest BCUT2D eigenvalue weighted by atomic mass is 9.47. The Morgan fingerprint density at radius 1 is 1.21 bits per heavy atom. The fraction of sp³-hybridized carbons (Fsp3) is 0.833. The lowest BCUT2D eigenvalue weighted by molar-refractivity contribution is -0.0408. The SMILES string of the molecule is C=C/C=C1/CCC2C(CCC3(C)C(C(C)=N)CCC23)C1(C)CCC.CC(C)NCCCCN.[HH]. The van der Waals surface area contributed by atoms with Gasteiger partial charge in [0.1, 0.15) is 0 Å². The normalized spacial score (nSPS) is 36.7. The number of nitrogens with one attached hydrogen (secondary N) is 2. The Balaban J connectivity index is 0.000000496. The van der Waals surface area contributed by atoms with E-state index in [1.807, 2.05) is 6.08 Å². The van der Waals surface area contributed by atoms with E-state index in [4.69, 9.17) is 11.1 Å². The van der Waals surface area contributed by atoms with Crippen LogP contribution in [0.3, 0.4) is 0 Å². The molecule has 0 spiro atoms. The molecule has 0 saturated heterocycles. The zero-order valence-electron chi connectivity index (χ0n) is 22.8. The lowest BCUT2D eigenvalue weighted by Gasteiger charge is -2.57. The fourth-order valence-electron chi connectivity index (χ4n) is 7.98. The molecule has 0 aromatic heterocycles. The van der Waals surface area contributed by atoms with Crippen LogP contribution in [0, 0.1) is 39.9 Å². The summed E-state index contributed by atoms with van der Waals surface area (Å²) >= 11 is 0. The van der Waals surface area contributed by atoms with Crippen molar-refractivity contribution in [2.75, 3.05) is 13.1 Å². The molecular formula is C30H57N3. The molecule has 0 amide bonds. The molecule has 6 unspecified atom stereocenters. The first-order valence-corrected chi connectivity index (χ1v) is 14.0. The molecule has 0 aromatic rings. The topological polar surface area (TPSA) is 61.9 Å². The highest BCUT2D eigenvalue weighted by atomic mass is 14.9. The summed E-state index contributed by atoms with van der Waals surface area (Å²) in [5.74, 6) is 3.13. The van der Waals surface area contributed by atoms with Crippen LogP contribution in [0.4, 0.5) is 0 Å². The Labute approximate surface area is 207 Å². The van der Waals surface area contributed by atoms with Gasteiger partial charge in [0.25, 0.3) is 0 Å². The molecule has 0 aliphatic heterocycles. The molecule has 6 atom stereocenters. The summed E-state index contributed by atoms with van der Waals surface area (Å²) < 4.78 is 0. The van der Waals surface area contributed by atoms with Gasteiger partial charge in [0, 0.05) is 19.1 Å². The summed E-state index contributed by atoms with van der Waals surface area (Å²) in [4.78, 5) is 0. The average Bonchev–Trinajstić information content (AvgIpc) is 3.11. The summed E-state index contributed by atoms with van der Waals surface area (Å²) in [5, 5.41) is 11.6. The molecule has 3 rings (SSSR count). The molecular weight excluding hydrogens is 402 g/mol. The predicted molar refractivity (Wildman–Crippen MR) is 148 cm³/mol. The van der Waals surface area contributed by atoms with Crippen molar-refractivity contribution in [3.05, 3.63) is 24.3 Å². The number of allylic oxidation sites excluding steroid dienone is 3. The largest absolute Gasteiger partial charge is 0.330 e. The average molecular weight is 460 g/mol. The van der Waals surface area contributed by atoms with Crippen molar-refractivity contribution >= 4 is 5.71 Å². The molecule has 33 heavy (non-hydrogen) atoms. The molecule has 3 aliphatic carbocycles. The highest BCUT2D eigenvalue weighted by molar-refractivity contribution is 5.82. The highest BCUT2D eigenvalue weighted by Crippen LogP contribution is 2.66. The van der Waals surface area contributed by atoms with Crippen molar-refractivity contribution in [3.63, 3.8) is 0 Å². The molecule has 3 fully saturated rings. The Hall–Kier alpha value is -0.930. The zero-order valence-corrected chi connectivity index (χ0v) is 22.8. The van der Waals surface area contributed by atoms with Crippen molar-refractivity contribution in [2.45, 2.75) is 112 Å². The first-order valence-electron chi connectivity index (χ1n) is 14.0. The van der Waals surface area contributed by atoms with Crippen LogP contribution in [0.1, 0.15) is 107 Å². The van der Waals surface area contributed by atoms with Crippen molar-refractivity contribution in [3.8, 4) is 0 Å². The van der Waals surface area contributed by atoms with Gasteiger partial charge in [0.15, 0.2) is 0 Å². The Morgan fingerprint density at radius 2 is 1.94 bits per heavy atom. The maximum absolute atomic E-state index is 8.28. The van der Waals surface area contributed by atoms with Crippen LogP contribution >= 0.6 is 0 Å². The van der Waals surface area contributed by atoms with E-state index in [0.717, 1.165) is 43.0 Å². The molecule has 0 heterocycles. The van der Waals surface area contributed by atoms with E-state index >= 15 is 0 Å². The summed E-state index contributed by atoms with van der Waals surface area (Å²) in [6.45, 7) is 19.7. The van der Waals surface area contributed by atoms with Gasteiger partial charge < -0.3 is 16.5 Å². The summed E-state index contributed by atoms with van der Waals surface area (Å²) in [5.41, 5.74) is 8.71. The third-order valence-corrected chi connectivity index (χ3v) is 9.53. The Kier molecular flexibility index (Phi) is 10.9. The highest BCUT2D eigenvalue weighted by Gasteiger charge is 2.58. The molecule has 3 nitrogen and oxygen atoms in total. The van der Waals surface area contributed by atoms with Gasteiger partial charge in [0.2, 0.25) is 0 Å². The Morgan fingerprint density at radius 3 is 2.52 bits per heavy atom. The minimum absolute atomic E-state index is 0. The third-order valence-electron chi connectivity index (χ3n) is 9.53. The van der Waals surface area contributed by atoms with Crippen molar-refractivity contribution in [2.24, 2.45) is 40.2 Å². The summed E-state index contributed by atoms with van der Waals surface area (Å²) in [6, 6.07) is 0.614. The van der Waals surface area contributed by atoms with Crippen LogP contribution in [0.25, 0.3) is 0 Å². The van der Waals surface area contributed by atoms with Gasteiger partial charge >= 0.3 is 0 Å². The molecule has 192 valence electrons. The third kappa shape index (κ3) is 6.40. The van der Waals surface area contributed by atoms with Gasteiger partial charge in [-0.05, 0) is 106 Å². The van der Waals surface area contributed by atoms with Crippen LogP contribution in [0.15, 0.2) is 24.3 Å². The predicted octanol–water partition coefficient (Wildman–Crippen LogP) is 7.77. The molecule has 3 heteroatoms. The molecule has 0 radical (unpaired) electrons. The maximum Gasteiger partial charge on any atom is 0.00946 e. The molecule has 3 aliphatic rings. The van der Waals surface area contributed by atoms with Crippen LogP contribution < -0.4 is 11.1 Å². The van der Waals surface area contributed by atoms with E-state index in [0.29, 0.717) is 22.8 Å². The number of unbranched alkanes of at least 4 members (excludes halogenated alkanes) is 1. The lowest BCUT2D eigenvalue weighted by Crippen LogP contribution is -2.50. The monoisotopic (exact) mass is 459 g/mol. The van der Waals surface area contributed by atoms with E-state index in [1.54, 1.807) is 5.57 Å². The number of nitrogens with two attached hydrogens (primary N) is 1. The van der Waals surface area contributed by atoms with E-state index in [9.17, 15) is 0 Å². The molecule has 0 aromatic carbocycles. The zero-order chi connectivity index (χ0) is 24.6. The Bertz CT molecular complexity index is 672. The number of fused-ring (bicyclic) bond motifs is 3. The van der Waals surface area contributed by atoms with E-state index in [2.05, 4.69) is 59.5 Å². The number of rotatable bonds is 9. The fourth-order valence-corrected chi connectivity index (χ4v) is 7.98. The van der Waals surface area contributed by atoms with Gasteiger partial charge in [-0.3, -0.25) is 0 Å². The van der Waals surface area contributed by atoms with Crippen molar-refractivity contribution < 1.29 is 1.43 Å². The van der Waals surface area contributed by atoms with Gasteiger partial charge in [-0.15, -0.1) is 0 Å². The van der Waals surface area contributed by atoms with Crippen molar-refractivity contribution in [1.82, 2.24) is 5.32 Å². The maximum atomic E-state index is 8.28. The van der Waals surface area contributed by atoms with E-state index < -0.39 is 0 Å². The minimum atomic E-state index is 0. The first kappa shape index (κ1) is 28.3. The van der Waals surface area contributed by atoms with Gasteiger partial charge in [-0.1, -0.05) is 65.3 Å². The van der Waals surface area contributed by atoms with Crippen LogP contribution in [-0.2, 0) is 0 Å². The van der Waals surface area contributed by atoms with Crippen LogP contribution in [0.2, 0.25) is 0 Å². The summed E-state index contributed by atoms with van der Waals surface area (Å²) in [7, 11) is 0. The van der Waals surface area contributed by atoms with E-state index in [1.165, 1.54) is 57.8 Å². The standard InChI is InChI=1S/C23H37N.C7H18N2.H2/c1-6-8-17-9-10-18-20-12-11-19(16(3)24)23(20,5)15-13-21(18)22(17,4)14-7-2;1-7(2)9-6-4-3-5-8;/h6,8,18-21,24H,1,7,9-15H2,2-5H3;7,9H,3-6,8H2,1-2H3;1H/b17-8-,24-16?;;. The van der Waals surface area contributed by atoms with Gasteiger partial charge in [-0.25, -0.2) is 0 Å². The molecule has 0 bridgehead atoms. The van der Waals surface area contributed by atoms with E-state index in [-0.39, 0.29) is 1.43 Å². The number of hydrogen-bond acceptors (Lipinski definition) is 3. The van der Waals surface area contributed by atoms with Crippen LogP contribution in [0.5, 0.6) is 0 Å². The number of hydrogen-bond donors (Lipinski definition) is 3.